The lowest BCUT2D eigenvalue weighted by Gasteiger charge is -2.18. The van der Waals surface area contributed by atoms with Crippen molar-refractivity contribution in [2.75, 3.05) is 0 Å². The molecule has 0 spiro atoms. The van der Waals surface area contributed by atoms with Gasteiger partial charge in [0.25, 0.3) is 0 Å². The molecule has 1 heteroatoms. The van der Waals surface area contributed by atoms with Crippen LogP contribution in [0.15, 0.2) is 24.1 Å². The molecule has 0 saturated heterocycles. The Morgan fingerprint density at radius 1 is 1.60 bits per heavy atom. The van der Waals surface area contributed by atoms with E-state index in [2.05, 4.69) is 13.8 Å². The minimum absolute atomic E-state index is 0.0787. The highest BCUT2D eigenvalue weighted by Gasteiger charge is 2.14. The summed E-state index contributed by atoms with van der Waals surface area (Å²) in [5.74, 6) is 0.833. The molecular weight excluding hydrogens is 127 g/mol. The highest BCUT2D eigenvalue weighted by atomic mass is 19.1. The molecule has 0 heterocycles. The molecule has 1 rings (SSSR count). The van der Waals surface area contributed by atoms with Crippen LogP contribution in [0.4, 0.5) is 4.39 Å². The molecule has 0 aliphatic heterocycles. The van der Waals surface area contributed by atoms with Crippen LogP contribution in [0.1, 0.15) is 20.3 Å². The molecule has 56 valence electrons. The Labute approximate surface area is 61.4 Å². The maximum absolute atomic E-state index is 12.6. The van der Waals surface area contributed by atoms with Crippen molar-refractivity contribution in [2.24, 2.45) is 11.8 Å². The third-order valence-electron chi connectivity index (χ3n) is 2.08. The monoisotopic (exact) mass is 140 g/mol. The SMILES string of the molecule is CCC1C=C(F)C=CC1C. The zero-order valence-electron chi connectivity index (χ0n) is 6.47. The molecule has 0 nitrogen and oxygen atoms in total. The van der Waals surface area contributed by atoms with Crippen molar-refractivity contribution >= 4 is 0 Å². The van der Waals surface area contributed by atoms with Crippen molar-refractivity contribution in [1.29, 1.82) is 0 Å². The highest BCUT2D eigenvalue weighted by molar-refractivity contribution is 5.19. The standard InChI is InChI=1S/C9H13F/c1-3-8-6-9(10)5-4-7(8)2/h4-8H,3H2,1-2H3. The molecule has 0 aromatic rings. The number of hydrogen-bond acceptors (Lipinski definition) is 0. The van der Waals surface area contributed by atoms with Crippen molar-refractivity contribution in [3.05, 3.63) is 24.1 Å². The second kappa shape index (κ2) is 3.00. The van der Waals surface area contributed by atoms with E-state index < -0.39 is 0 Å². The zero-order valence-corrected chi connectivity index (χ0v) is 6.47. The van der Waals surface area contributed by atoms with E-state index >= 15 is 0 Å². The molecular formula is C9H13F. The van der Waals surface area contributed by atoms with Crippen LogP contribution in [0.3, 0.4) is 0 Å². The van der Waals surface area contributed by atoms with Gasteiger partial charge in [-0.2, -0.15) is 0 Å². The lowest BCUT2D eigenvalue weighted by atomic mass is 9.88. The van der Waals surface area contributed by atoms with Crippen LogP contribution in [0.2, 0.25) is 0 Å². The third-order valence-corrected chi connectivity index (χ3v) is 2.08. The van der Waals surface area contributed by atoms with Gasteiger partial charge in [0.2, 0.25) is 0 Å². The van der Waals surface area contributed by atoms with E-state index in [0.717, 1.165) is 6.42 Å². The van der Waals surface area contributed by atoms with E-state index in [-0.39, 0.29) is 5.83 Å². The Kier molecular flexibility index (Phi) is 2.25. The van der Waals surface area contributed by atoms with Crippen LogP contribution in [-0.2, 0) is 0 Å². The summed E-state index contributed by atoms with van der Waals surface area (Å²) in [6.45, 7) is 4.21. The summed E-state index contributed by atoms with van der Waals surface area (Å²) in [6, 6.07) is 0. The first-order chi connectivity index (χ1) is 4.74. The molecule has 0 radical (unpaired) electrons. The van der Waals surface area contributed by atoms with Gasteiger partial charge in [-0.05, 0) is 30.4 Å². The zero-order chi connectivity index (χ0) is 7.56. The summed E-state index contributed by atoms with van der Waals surface area (Å²) in [5.41, 5.74) is 0. The smallest absolute Gasteiger partial charge is 0.119 e. The second-order valence-electron chi connectivity index (χ2n) is 2.84. The summed E-state index contributed by atoms with van der Waals surface area (Å²) in [6.07, 6.45) is 6.23. The highest BCUT2D eigenvalue weighted by Crippen LogP contribution is 2.25. The number of halogens is 1. The topological polar surface area (TPSA) is 0 Å². The fraction of sp³-hybridized carbons (Fsp3) is 0.556. The molecule has 2 unspecified atom stereocenters. The molecule has 1 aliphatic carbocycles. The Bertz CT molecular complexity index is 168. The Balaban J connectivity index is 2.67. The fourth-order valence-corrected chi connectivity index (χ4v) is 1.29. The molecule has 2 atom stereocenters. The van der Waals surface area contributed by atoms with Gasteiger partial charge in [-0.3, -0.25) is 0 Å². The summed E-state index contributed by atoms with van der Waals surface area (Å²) in [7, 11) is 0. The first-order valence-electron chi connectivity index (χ1n) is 3.79. The van der Waals surface area contributed by atoms with Gasteiger partial charge >= 0.3 is 0 Å². The van der Waals surface area contributed by atoms with Gasteiger partial charge in [-0.25, -0.2) is 4.39 Å². The van der Waals surface area contributed by atoms with E-state index in [9.17, 15) is 4.39 Å². The first-order valence-corrected chi connectivity index (χ1v) is 3.79. The van der Waals surface area contributed by atoms with Crippen LogP contribution in [0.5, 0.6) is 0 Å². The van der Waals surface area contributed by atoms with Crippen LogP contribution in [0.25, 0.3) is 0 Å². The van der Waals surface area contributed by atoms with Gasteiger partial charge in [0.1, 0.15) is 5.83 Å². The molecule has 0 N–H and O–H groups in total. The Morgan fingerprint density at radius 3 is 2.80 bits per heavy atom. The predicted molar refractivity (Wildman–Crippen MR) is 41.3 cm³/mol. The largest absolute Gasteiger partial charge is 0.207 e. The van der Waals surface area contributed by atoms with Crippen LogP contribution in [0, 0.1) is 11.8 Å². The Hall–Kier alpha value is -0.590. The molecule has 0 bridgehead atoms. The molecule has 0 aromatic heterocycles. The quantitative estimate of drug-likeness (QED) is 0.525. The first kappa shape index (κ1) is 7.52. The molecule has 1 aliphatic rings. The van der Waals surface area contributed by atoms with E-state index in [0.29, 0.717) is 11.8 Å². The average molecular weight is 140 g/mol. The van der Waals surface area contributed by atoms with E-state index in [1.165, 1.54) is 0 Å². The number of rotatable bonds is 1. The molecule has 0 aromatic carbocycles. The molecule has 0 amide bonds. The number of allylic oxidation sites excluding steroid dienone is 4. The van der Waals surface area contributed by atoms with Crippen molar-refractivity contribution in [3.63, 3.8) is 0 Å². The van der Waals surface area contributed by atoms with Gasteiger partial charge in [-0.1, -0.05) is 19.9 Å². The van der Waals surface area contributed by atoms with Crippen molar-refractivity contribution in [1.82, 2.24) is 0 Å². The lowest BCUT2D eigenvalue weighted by Crippen LogP contribution is -2.08. The van der Waals surface area contributed by atoms with Gasteiger partial charge in [-0.15, -0.1) is 0 Å². The maximum atomic E-state index is 12.6. The van der Waals surface area contributed by atoms with Crippen LogP contribution in [-0.4, -0.2) is 0 Å². The minimum atomic E-state index is -0.0787. The van der Waals surface area contributed by atoms with Gasteiger partial charge in [0.05, 0.1) is 0 Å². The maximum Gasteiger partial charge on any atom is 0.119 e. The molecule has 10 heavy (non-hydrogen) atoms. The predicted octanol–water partition coefficient (Wildman–Crippen LogP) is 3.07. The van der Waals surface area contributed by atoms with Crippen molar-refractivity contribution < 1.29 is 4.39 Å². The number of hydrogen-bond donors (Lipinski definition) is 0. The van der Waals surface area contributed by atoms with Gasteiger partial charge in [0.15, 0.2) is 0 Å². The fourth-order valence-electron chi connectivity index (χ4n) is 1.29. The summed E-state index contributed by atoms with van der Waals surface area (Å²) >= 11 is 0. The van der Waals surface area contributed by atoms with Crippen LogP contribution < -0.4 is 0 Å². The molecule has 0 fully saturated rings. The van der Waals surface area contributed by atoms with Crippen LogP contribution >= 0.6 is 0 Å². The van der Waals surface area contributed by atoms with E-state index in [1.807, 2.05) is 6.08 Å². The minimum Gasteiger partial charge on any atom is -0.207 e. The summed E-state index contributed by atoms with van der Waals surface area (Å²) in [4.78, 5) is 0. The van der Waals surface area contributed by atoms with Gasteiger partial charge in [0, 0.05) is 0 Å². The normalized spacial score (nSPS) is 32.1. The summed E-state index contributed by atoms with van der Waals surface area (Å²) < 4.78 is 12.6. The van der Waals surface area contributed by atoms with E-state index in [4.69, 9.17) is 0 Å². The van der Waals surface area contributed by atoms with Gasteiger partial charge < -0.3 is 0 Å². The third kappa shape index (κ3) is 1.47. The van der Waals surface area contributed by atoms with E-state index in [1.54, 1.807) is 12.2 Å². The average Bonchev–Trinajstić information content (AvgIpc) is 1.94. The summed E-state index contributed by atoms with van der Waals surface area (Å²) in [5, 5.41) is 0. The Morgan fingerprint density at radius 2 is 2.30 bits per heavy atom. The van der Waals surface area contributed by atoms with Crippen molar-refractivity contribution in [2.45, 2.75) is 20.3 Å². The molecule has 0 saturated carbocycles. The lowest BCUT2D eigenvalue weighted by molar-refractivity contribution is 0.471. The second-order valence-corrected chi connectivity index (χ2v) is 2.84. The van der Waals surface area contributed by atoms with Crippen molar-refractivity contribution in [3.8, 4) is 0 Å².